The van der Waals surface area contributed by atoms with E-state index < -0.39 is 0 Å². The van der Waals surface area contributed by atoms with Gasteiger partial charge in [0.2, 0.25) is 5.91 Å². The Morgan fingerprint density at radius 2 is 1.82 bits per heavy atom. The Morgan fingerprint density at radius 3 is 2.50 bits per heavy atom. The van der Waals surface area contributed by atoms with E-state index in [1.54, 1.807) is 24.0 Å². The zero-order valence-corrected chi connectivity index (χ0v) is 16.7. The third-order valence-electron chi connectivity index (χ3n) is 5.24. The molecule has 2 amide bonds. The molecule has 148 valence electrons. The van der Waals surface area contributed by atoms with Crippen molar-refractivity contribution in [1.29, 1.82) is 0 Å². The van der Waals surface area contributed by atoms with Crippen LogP contribution in [0, 0.1) is 32.5 Å². The van der Waals surface area contributed by atoms with Crippen molar-refractivity contribution in [2.75, 3.05) is 13.1 Å². The summed E-state index contributed by atoms with van der Waals surface area (Å²) in [5, 5.41) is 2.93. The van der Waals surface area contributed by atoms with Gasteiger partial charge in [-0.15, -0.1) is 0 Å². The van der Waals surface area contributed by atoms with Gasteiger partial charge in [-0.3, -0.25) is 9.59 Å². The predicted octanol–water partition coefficient (Wildman–Crippen LogP) is 3.92. The molecule has 1 aliphatic heterocycles. The molecule has 1 unspecified atom stereocenters. The van der Waals surface area contributed by atoms with Crippen LogP contribution in [0.2, 0.25) is 0 Å². The number of amides is 2. The fourth-order valence-electron chi connectivity index (χ4n) is 3.81. The minimum atomic E-state index is -0.247. The first-order chi connectivity index (χ1) is 13.3. The Balaban J connectivity index is 1.61. The van der Waals surface area contributed by atoms with Crippen molar-refractivity contribution in [2.24, 2.45) is 5.92 Å². The van der Waals surface area contributed by atoms with Crippen LogP contribution in [0.4, 0.5) is 4.39 Å². The number of hydrogen-bond donors (Lipinski definition) is 1. The summed E-state index contributed by atoms with van der Waals surface area (Å²) in [7, 11) is 0. The van der Waals surface area contributed by atoms with E-state index in [0.29, 0.717) is 30.8 Å². The Bertz CT molecular complexity index is 874. The largest absolute Gasteiger partial charge is 0.352 e. The second kappa shape index (κ2) is 8.55. The molecule has 28 heavy (non-hydrogen) atoms. The molecule has 1 aliphatic rings. The second-order valence-electron chi connectivity index (χ2n) is 7.77. The number of piperidine rings is 1. The monoisotopic (exact) mass is 382 g/mol. The maximum atomic E-state index is 13.4. The molecule has 0 radical (unpaired) electrons. The summed E-state index contributed by atoms with van der Waals surface area (Å²) >= 11 is 0. The number of halogens is 1. The van der Waals surface area contributed by atoms with Crippen molar-refractivity contribution in [3.8, 4) is 0 Å². The Kier molecular flexibility index (Phi) is 6.12. The zero-order valence-electron chi connectivity index (χ0n) is 16.7. The van der Waals surface area contributed by atoms with Crippen molar-refractivity contribution < 1.29 is 14.0 Å². The predicted molar refractivity (Wildman–Crippen MR) is 108 cm³/mol. The van der Waals surface area contributed by atoms with E-state index in [-0.39, 0.29) is 23.5 Å². The molecule has 1 N–H and O–H groups in total. The zero-order chi connectivity index (χ0) is 20.3. The van der Waals surface area contributed by atoms with E-state index in [9.17, 15) is 14.0 Å². The van der Waals surface area contributed by atoms with Gasteiger partial charge in [0, 0.05) is 25.2 Å². The number of likely N-dealkylation sites (tertiary alicyclic amines) is 1. The molecule has 0 spiro atoms. The van der Waals surface area contributed by atoms with Crippen LogP contribution in [0.1, 0.15) is 45.5 Å². The van der Waals surface area contributed by atoms with Gasteiger partial charge in [0.1, 0.15) is 5.82 Å². The molecule has 2 aromatic carbocycles. The van der Waals surface area contributed by atoms with Crippen LogP contribution in [0.25, 0.3) is 0 Å². The highest BCUT2D eigenvalue weighted by molar-refractivity contribution is 5.95. The summed E-state index contributed by atoms with van der Waals surface area (Å²) < 4.78 is 13.4. The average molecular weight is 382 g/mol. The Labute approximate surface area is 165 Å². The number of carbonyl (C=O) groups is 2. The molecule has 0 aromatic heterocycles. The Hall–Kier alpha value is -2.69. The molecular formula is C23H27FN2O2. The summed E-state index contributed by atoms with van der Waals surface area (Å²) in [4.78, 5) is 27.3. The fourth-order valence-corrected chi connectivity index (χ4v) is 3.81. The number of hydrogen-bond acceptors (Lipinski definition) is 2. The van der Waals surface area contributed by atoms with Gasteiger partial charge < -0.3 is 10.2 Å². The molecule has 1 saturated heterocycles. The number of nitrogens with one attached hydrogen (secondary N) is 1. The van der Waals surface area contributed by atoms with Crippen LogP contribution in [0.3, 0.4) is 0 Å². The van der Waals surface area contributed by atoms with E-state index in [0.717, 1.165) is 29.5 Å². The molecule has 5 heteroatoms. The van der Waals surface area contributed by atoms with Gasteiger partial charge in [0.15, 0.2) is 0 Å². The molecule has 2 aromatic rings. The van der Waals surface area contributed by atoms with E-state index in [1.165, 1.54) is 6.07 Å². The SMILES string of the molecule is Cc1cc(C)cc(C(=O)N2CCCC(C(=O)NCc3ccc(F)c(C)c3)C2)c1. The topological polar surface area (TPSA) is 49.4 Å². The summed E-state index contributed by atoms with van der Waals surface area (Å²) in [6.07, 6.45) is 1.58. The molecular weight excluding hydrogens is 355 g/mol. The minimum Gasteiger partial charge on any atom is -0.352 e. The van der Waals surface area contributed by atoms with Crippen LogP contribution in [0.5, 0.6) is 0 Å². The molecule has 1 heterocycles. The lowest BCUT2D eigenvalue weighted by Gasteiger charge is -2.32. The fraction of sp³-hybridized carbons (Fsp3) is 0.391. The highest BCUT2D eigenvalue weighted by Gasteiger charge is 2.29. The maximum absolute atomic E-state index is 13.4. The standard InChI is InChI=1S/C23H27FN2O2/c1-15-9-16(2)11-20(10-15)23(28)26-8-4-5-19(14-26)22(27)25-13-18-6-7-21(24)17(3)12-18/h6-7,9-12,19H,4-5,8,13-14H2,1-3H3,(H,25,27). The normalized spacial score (nSPS) is 16.7. The quantitative estimate of drug-likeness (QED) is 0.871. The highest BCUT2D eigenvalue weighted by Crippen LogP contribution is 2.20. The minimum absolute atomic E-state index is 0.0153. The van der Waals surface area contributed by atoms with Crippen LogP contribution in [0.15, 0.2) is 36.4 Å². The van der Waals surface area contributed by atoms with Crippen molar-refractivity contribution in [1.82, 2.24) is 10.2 Å². The number of aryl methyl sites for hydroxylation is 3. The van der Waals surface area contributed by atoms with Gasteiger partial charge in [-0.1, -0.05) is 29.3 Å². The van der Waals surface area contributed by atoms with Crippen molar-refractivity contribution in [3.05, 3.63) is 70.0 Å². The van der Waals surface area contributed by atoms with Crippen LogP contribution < -0.4 is 5.32 Å². The number of benzene rings is 2. The van der Waals surface area contributed by atoms with Crippen LogP contribution in [-0.4, -0.2) is 29.8 Å². The van der Waals surface area contributed by atoms with Gasteiger partial charge >= 0.3 is 0 Å². The molecule has 0 bridgehead atoms. The first-order valence-electron chi connectivity index (χ1n) is 9.74. The number of rotatable bonds is 4. The molecule has 4 nitrogen and oxygen atoms in total. The van der Waals surface area contributed by atoms with Crippen molar-refractivity contribution in [3.63, 3.8) is 0 Å². The first kappa shape index (κ1) is 20.1. The summed E-state index contributed by atoms with van der Waals surface area (Å²) in [5.74, 6) is -0.536. The van der Waals surface area contributed by atoms with E-state index in [1.807, 2.05) is 32.0 Å². The summed E-state index contributed by atoms with van der Waals surface area (Å²) in [6, 6.07) is 10.7. The lowest BCUT2D eigenvalue weighted by Crippen LogP contribution is -2.45. The molecule has 0 saturated carbocycles. The third-order valence-corrected chi connectivity index (χ3v) is 5.24. The average Bonchev–Trinajstić information content (AvgIpc) is 2.67. The molecule has 0 aliphatic carbocycles. The number of carbonyl (C=O) groups excluding carboxylic acids is 2. The van der Waals surface area contributed by atoms with Gasteiger partial charge in [-0.2, -0.15) is 0 Å². The third kappa shape index (κ3) is 4.77. The van der Waals surface area contributed by atoms with Gasteiger partial charge in [0.05, 0.1) is 5.92 Å². The molecule has 1 fully saturated rings. The maximum Gasteiger partial charge on any atom is 0.253 e. The molecule has 3 rings (SSSR count). The smallest absolute Gasteiger partial charge is 0.253 e. The Morgan fingerprint density at radius 1 is 1.11 bits per heavy atom. The van der Waals surface area contributed by atoms with Gasteiger partial charge in [-0.05, 0) is 62.9 Å². The van der Waals surface area contributed by atoms with Gasteiger partial charge in [-0.25, -0.2) is 4.39 Å². The number of nitrogens with zero attached hydrogens (tertiary/aromatic N) is 1. The highest BCUT2D eigenvalue weighted by atomic mass is 19.1. The van der Waals surface area contributed by atoms with Crippen molar-refractivity contribution in [2.45, 2.75) is 40.2 Å². The van der Waals surface area contributed by atoms with Crippen molar-refractivity contribution >= 4 is 11.8 Å². The van der Waals surface area contributed by atoms with E-state index >= 15 is 0 Å². The first-order valence-corrected chi connectivity index (χ1v) is 9.74. The molecule has 1 atom stereocenters. The lowest BCUT2D eigenvalue weighted by atomic mass is 9.96. The summed E-state index contributed by atoms with van der Waals surface area (Å²) in [6.45, 7) is 7.13. The van der Waals surface area contributed by atoms with E-state index in [4.69, 9.17) is 0 Å². The van der Waals surface area contributed by atoms with E-state index in [2.05, 4.69) is 5.32 Å². The lowest BCUT2D eigenvalue weighted by molar-refractivity contribution is -0.126. The van der Waals surface area contributed by atoms with Crippen LogP contribution in [-0.2, 0) is 11.3 Å². The second-order valence-corrected chi connectivity index (χ2v) is 7.77. The van der Waals surface area contributed by atoms with Crippen LogP contribution >= 0.6 is 0 Å². The summed E-state index contributed by atoms with van der Waals surface area (Å²) in [5.41, 5.74) is 4.23. The van der Waals surface area contributed by atoms with Gasteiger partial charge in [0.25, 0.3) is 5.91 Å².